The minimum absolute atomic E-state index is 0.161. The van der Waals surface area contributed by atoms with E-state index >= 15 is 0 Å². The molecule has 5 rings (SSSR count). The van der Waals surface area contributed by atoms with Crippen molar-refractivity contribution in [2.24, 2.45) is 0 Å². The Kier molecular flexibility index (Phi) is 10.1. The molecule has 0 aliphatic carbocycles. The molecule has 0 saturated carbocycles. The van der Waals surface area contributed by atoms with Crippen LogP contribution < -0.4 is 10.9 Å². The molecule has 0 spiro atoms. The Balaban J connectivity index is 0.000000259. The van der Waals surface area contributed by atoms with Crippen LogP contribution >= 0.6 is 23.4 Å². The zero-order valence-corrected chi connectivity index (χ0v) is 24.1. The van der Waals surface area contributed by atoms with Crippen LogP contribution in [0.3, 0.4) is 0 Å². The number of benzene rings is 2. The number of carbonyl (C=O) groups is 1. The molecule has 6 nitrogen and oxygen atoms in total. The maximum Gasteiger partial charge on any atom is 0.395 e. The zero-order chi connectivity index (χ0) is 28.9. The highest BCUT2D eigenvalue weighted by Gasteiger charge is 2.37. The predicted octanol–water partition coefficient (Wildman–Crippen LogP) is 5.98. The second-order valence-electron chi connectivity index (χ2n) is 10.2. The summed E-state index contributed by atoms with van der Waals surface area (Å²) in [6.45, 7) is 4.89. The van der Waals surface area contributed by atoms with E-state index in [9.17, 15) is 22.8 Å². The van der Waals surface area contributed by atoms with Crippen LogP contribution in [-0.4, -0.2) is 77.1 Å². The molecule has 1 aromatic heterocycles. The summed E-state index contributed by atoms with van der Waals surface area (Å²) in [5, 5.41) is 5.39. The van der Waals surface area contributed by atoms with Crippen LogP contribution in [-0.2, 0) is 4.79 Å². The van der Waals surface area contributed by atoms with Gasteiger partial charge in [-0.25, -0.2) is 0 Å². The average molecular weight is 595 g/mol. The van der Waals surface area contributed by atoms with E-state index < -0.39 is 12.1 Å². The molecule has 1 atom stereocenters. The first-order valence-corrected chi connectivity index (χ1v) is 15.0. The van der Waals surface area contributed by atoms with Gasteiger partial charge >= 0.3 is 6.18 Å². The molecule has 11 heteroatoms. The minimum Gasteiger partial charge on any atom is -0.380 e. The molecule has 2 saturated heterocycles. The van der Waals surface area contributed by atoms with Gasteiger partial charge in [0.1, 0.15) is 0 Å². The molecule has 216 valence electrons. The number of nitrogens with zero attached hydrogens (tertiary/aromatic N) is 2. The lowest BCUT2D eigenvalue weighted by molar-refractivity contribution is -0.146. The van der Waals surface area contributed by atoms with Crippen LogP contribution in [0, 0.1) is 0 Å². The lowest BCUT2D eigenvalue weighted by Crippen LogP contribution is -2.60. The summed E-state index contributed by atoms with van der Waals surface area (Å²) in [7, 11) is 0. The third-order valence-corrected chi connectivity index (χ3v) is 8.33. The number of amides is 1. The highest BCUT2D eigenvalue weighted by Crippen LogP contribution is 2.34. The van der Waals surface area contributed by atoms with E-state index in [0.29, 0.717) is 33.8 Å². The number of alkyl halides is 3. The summed E-state index contributed by atoms with van der Waals surface area (Å²) in [6.07, 6.45) is 1.58. The maximum absolute atomic E-state index is 12.1. The van der Waals surface area contributed by atoms with Gasteiger partial charge in [-0.1, -0.05) is 41.9 Å². The van der Waals surface area contributed by atoms with Crippen molar-refractivity contribution >= 4 is 45.7 Å². The summed E-state index contributed by atoms with van der Waals surface area (Å²) in [5.74, 6) is -0.527. The Bertz CT molecular complexity index is 1340. The number of pyridine rings is 1. The molecule has 3 heterocycles. The number of H-pyrrole nitrogens is 1. The van der Waals surface area contributed by atoms with Crippen molar-refractivity contribution in [2.45, 2.75) is 43.9 Å². The third kappa shape index (κ3) is 7.53. The molecule has 40 heavy (non-hydrogen) atoms. The van der Waals surface area contributed by atoms with Gasteiger partial charge in [-0.05, 0) is 55.2 Å². The summed E-state index contributed by atoms with van der Waals surface area (Å²) in [5.41, 5.74) is 1.10. The number of thioether (sulfide) groups is 1. The normalized spacial score (nSPS) is 17.6. The number of aromatic nitrogens is 1. The van der Waals surface area contributed by atoms with Crippen molar-refractivity contribution in [2.75, 3.05) is 43.5 Å². The van der Waals surface area contributed by atoms with Gasteiger partial charge in [0.05, 0.1) is 28.1 Å². The van der Waals surface area contributed by atoms with Gasteiger partial charge in [-0.15, -0.1) is 0 Å². The van der Waals surface area contributed by atoms with Gasteiger partial charge in [-0.3, -0.25) is 14.5 Å². The molecular formula is C29H34ClF3N4O2S. The van der Waals surface area contributed by atoms with Crippen molar-refractivity contribution in [3.05, 3.63) is 75.7 Å². The molecule has 0 bridgehead atoms. The van der Waals surface area contributed by atoms with Gasteiger partial charge in [0.15, 0.2) is 0 Å². The number of aromatic amines is 1. The van der Waals surface area contributed by atoms with Crippen molar-refractivity contribution < 1.29 is 18.0 Å². The molecular weight excluding hydrogens is 561 g/mol. The van der Waals surface area contributed by atoms with Gasteiger partial charge < -0.3 is 15.2 Å². The summed E-state index contributed by atoms with van der Waals surface area (Å²) >= 11 is 7.91. The van der Waals surface area contributed by atoms with E-state index in [4.69, 9.17) is 11.6 Å². The van der Waals surface area contributed by atoms with Crippen LogP contribution in [0.25, 0.3) is 10.8 Å². The molecule has 0 radical (unpaired) electrons. The quantitative estimate of drug-likeness (QED) is 0.367. The first kappa shape index (κ1) is 30.3. The largest absolute Gasteiger partial charge is 0.395 e. The number of hydrogen-bond donors (Lipinski definition) is 2. The molecule has 2 N–H and O–H groups in total. The first-order valence-electron chi connectivity index (χ1n) is 13.3. The molecule has 1 amide bonds. The standard InChI is InChI=1S/C20H25ClN4O2S.C9H9F3/c1-28-12-18(26)24-6-3-16(4-7-24)25-10-15(11-25)23-14-8-13-2-5-22-20(27)19(13)17(21)9-14;1-7(9(10,11)12)8-5-3-2-4-6-8/h2,5,8-9,15-16,23H,3-4,6-7,10-12H2,1H3,(H,22,27);2-7H,1H3. The molecule has 2 aromatic carbocycles. The fourth-order valence-corrected chi connectivity index (χ4v) is 5.87. The van der Waals surface area contributed by atoms with Crippen LogP contribution in [0.5, 0.6) is 0 Å². The van der Waals surface area contributed by atoms with Gasteiger partial charge in [0, 0.05) is 44.1 Å². The first-order chi connectivity index (χ1) is 19.1. The highest BCUT2D eigenvalue weighted by atomic mass is 35.5. The topological polar surface area (TPSA) is 68.4 Å². The van der Waals surface area contributed by atoms with Crippen molar-refractivity contribution in [3.63, 3.8) is 0 Å². The molecule has 2 aliphatic rings. The number of anilines is 1. The van der Waals surface area contributed by atoms with Crippen molar-refractivity contribution in [1.29, 1.82) is 0 Å². The number of hydrogen-bond acceptors (Lipinski definition) is 5. The predicted molar refractivity (Wildman–Crippen MR) is 157 cm³/mol. The zero-order valence-electron chi connectivity index (χ0n) is 22.5. The number of nitrogens with one attached hydrogen (secondary N) is 2. The van der Waals surface area contributed by atoms with E-state index in [0.717, 1.165) is 57.0 Å². The lowest BCUT2D eigenvalue weighted by Gasteiger charge is -2.47. The fraction of sp³-hybridized carbons (Fsp3) is 0.448. The fourth-order valence-electron chi connectivity index (χ4n) is 5.13. The van der Waals surface area contributed by atoms with E-state index in [1.54, 1.807) is 36.2 Å². The van der Waals surface area contributed by atoms with E-state index in [-0.39, 0.29) is 11.5 Å². The molecule has 2 fully saturated rings. The number of piperidine rings is 1. The number of likely N-dealkylation sites (tertiary alicyclic amines) is 2. The second-order valence-corrected chi connectivity index (χ2v) is 11.5. The van der Waals surface area contributed by atoms with E-state index in [1.165, 1.54) is 12.1 Å². The summed E-state index contributed by atoms with van der Waals surface area (Å²) < 4.78 is 36.4. The number of carbonyl (C=O) groups excluding carboxylic acids is 1. The lowest BCUT2D eigenvalue weighted by atomic mass is 9.97. The van der Waals surface area contributed by atoms with Crippen molar-refractivity contribution in [3.8, 4) is 0 Å². The number of halogens is 4. The van der Waals surface area contributed by atoms with Crippen molar-refractivity contribution in [1.82, 2.24) is 14.8 Å². The van der Waals surface area contributed by atoms with Gasteiger partial charge in [0.2, 0.25) is 5.91 Å². The monoisotopic (exact) mass is 594 g/mol. The Hall–Kier alpha value is -2.69. The van der Waals surface area contributed by atoms with Crippen LogP contribution in [0.4, 0.5) is 18.9 Å². The summed E-state index contributed by atoms with van der Waals surface area (Å²) in [4.78, 5) is 31.1. The van der Waals surface area contributed by atoms with Gasteiger partial charge in [0.25, 0.3) is 5.56 Å². The number of rotatable bonds is 6. The van der Waals surface area contributed by atoms with Crippen LogP contribution in [0.1, 0.15) is 31.2 Å². The minimum atomic E-state index is -4.14. The Morgan fingerprint density at radius 3 is 2.45 bits per heavy atom. The van der Waals surface area contributed by atoms with Gasteiger partial charge in [-0.2, -0.15) is 24.9 Å². The molecule has 1 unspecified atom stereocenters. The maximum atomic E-state index is 12.1. The van der Waals surface area contributed by atoms with Crippen LogP contribution in [0.15, 0.2) is 59.5 Å². The highest BCUT2D eigenvalue weighted by molar-refractivity contribution is 7.99. The smallest absolute Gasteiger partial charge is 0.380 e. The van der Waals surface area contributed by atoms with E-state index in [2.05, 4.69) is 15.2 Å². The Morgan fingerprint density at radius 1 is 1.15 bits per heavy atom. The molecule has 2 aliphatic heterocycles. The average Bonchev–Trinajstić information content (AvgIpc) is 2.90. The summed E-state index contributed by atoms with van der Waals surface area (Å²) in [6, 6.07) is 14.5. The second kappa shape index (κ2) is 13.3. The van der Waals surface area contributed by atoms with Crippen LogP contribution in [0.2, 0.25) is 5.02 Å². The third-order valence-electron chi connectivity index (χ3n) is 7.50. The Labute approximate surface area is 241 Å². The Morgan fingerprint density at radius 2 is 1.82 bits per heavy atom. The van der Waals surface area contributed by atoms with E-state index in [1.807, 2.05) is 29.4 Å². The SMILES string of the molecule is CC(c1ccccc1)C(F)(F)F.CSCC(=O)N1CCC(N2CC(Nc3cc(Cl)c4c(=O)[nH]ccc4c3)C2)CC1. The molecule has 3 aromatic rings. The number of fused-ring (bicyclic) bond motifs is 1.